The van der Waals surface area contributed by atoms with E-state index >= 15 is 0 Å². The largest absolute Gasteiger partial charge is 0.334 e. The number of anilines is 1. The minimum absolute atomic E-state index is 0.0349. The van der Waals surface area contributed by atoms with Crippen LogP contribution in [-0.2, 0) is 10.0 Å². The predicted octanol–water partition coefficient (Wildman–Crippen LogP) is 4.41. The molecule has 30 heavy (non-hydrogen) atoms. The first-order valence-corrected chi connectivity index (χ1v) is 10.5. The van der Waals surface area contributed by atoms with Gasteiger partial charge >= 0.3 is 0 Å². The Bertz CT molecular complexity index is 1310. The number of ketones is 1. The van der Waals surface area contributed by atoms with E-state index in [0.717, 1.165) is 5.56 Å². The van der Waals surface area contributed by atoms with Crippen molar-refractivity contribution < 1.29 is 17.7 Å². The molecular formula is C22H17N3O4S. The van der Waals surface area contributed by atoms with Gasteiger partial charge in [-0.3, -0.25) is 9.52 Å². The average Bonchev–Trinajstić information content (AvgIpc) is 3.25. The lowest BCUT2D eigenvalue weighted by Gasteiger charge is -2.09. The Kier molecular flexibility index (Phi) is 5.16. The summed E-state index contributed by atoms with van der Waals surface area (Å²) >= 11 is 0. The zero-order valence-electron chi connectivity index (χ0n) is 15.9. The van der Waals surface area contributed by atoms with Gasteiger partial charge in [0.2, 0.25) is 5.82 Å². The molecule has 1 aromatic heterocycles. The number of carbonyl (C=O) groups is 1. The lowest BCUT2D eigenvalue weighted by atomic mass is 10.1. The third-order valence-electron chi connectivity index (χ3n) is 4.37. The highest BCUT2D eigenvalue weighted by atomic mass is 32.2. The number of nitrogens with zero attached hydrogens (tertiary/aromatic N) is 2. The van der Waals surface area contributed by atoms with Crippen molar-refractivity contribution in [3.05, 3.63) is 84.4 Å². The van der Waals surface area contributed by atoms with Crippen LogP contribution in [0.1, 0.15) is 17.3 Å². The van der Waals surface area contributed by atoms with E-state index in [-0.39, 0.29) is 16.6 Å². The Labute approximate surface area is 173 Å². The molecule has 8 heteroatoms. The van der Waals surface area contributed by atoms with Crippen molar-refractivity contribution in [1.29, 1.82) is 0 Å². The smallest absolute Gasteiger partial charge is 0.261 e. The van der Waals surface area contributed by atoms with E-state index in [1.165, 1.54) is 25.1 Å². The molecule has 0 saturated carbocycles. The summed E-state index contributed by atoms with van der Waals surface area (Å²) in [5.41, 5.74) is 1.99. The van der Waals surface area contributed by atoms with E-state index in [1.807, 2.05) is 30.3 Å². The average molecular weight is 419 g/mol. The molecule has 0 fully saturated rings. The number of benzene rings is 3. The molecule has 0 aliphatic rings. The second-order valence-corrected chi connectivity index (χ2v) is 8.24. The van der Waals surface area contributed by atoms with Gasteiger partial charge in [0.1, 0.15) is 0 Å². The SMILES string of the molecule is CC(=O)c1cccc(NS(=O)(=O)c2cccc(-c3nc(-c4ccccc4)no3)c2)c1. The van der Waals surface area contributed by atoms with Crippen LogP contribution in [0.5, 0.6) is 0 Å². The molecule has 0 amide bonds. The maximum Gasteiger partial charge on any atom is 0.261 e. The molecule has 0 unspecified atom stereocenters. The highest BCUT2D eigenvalue weighted by Gasteiger charge is 2.18. The number of Topliss-reactive ketones (excluding diaryl/α,β-unsaturated/α-hetero) is 1. The molecule has 4 aromatic rings. The second-order valence-electron chi connectivity index (χ2n) is 6.56. The number of hydrogen-bond acceptors (Lipinski definition) is 6. The number of hydrogen-bond donors (Lipinski definition) is 1. The third kappa shape index (κ3) is 4.13. The summed E-state index contributed by atoms with van der Waals surface area (Å²) in [6.45, 7) is 1.42. The second kappa shape index (κ2) is 7.92. The molecule has 0 atom stereocenters. The first kappa shape index (κ1) is 19.5. The summed E-state index contributed by atoms with van der Waals surface area (Å²) in [6.07, 6.45) is 0. The van der Waals surface area contributed by atoms with Crippen LogP contribution < -0.4 is 4.72 Å². The Balaban J connectivity index is 1.62. The van der Waals surface area contributed by atoms with Gasteiger partial charge in [-0.15, -0.1) is 0 Å². The van der Waals surface area contributed by atoms with Crippen LogP contribution >= 0.6 is 0 Å². The highest BCUT2D eigenvalue weighted by Crippen LogP contribution is 2.25. The van der Waals surface area contributed by atoms with Gasteiger partial charge in [0.15, 0.2) is 5.78 Å². The molecule has 1 heterocycles. The first-order valence-electron chi connectivity index (χ1n) is 9.06. The van der Waals surface area contributed by atoms with Crippen LogP contribution in [0, 0.1) is 0 Å². The molecule has 4 rings (SSSR count). The summed E-state index contributed by atoms with van der Waals surface area (Å²) in [6, 6.07) is 21.9. The van der Waals surface area contributed by atoms with Crippen molar-refractivity contribution >= 4 is 21.5 Å². The summed E-state index contributed by atoms with van der Waals surface area (Å²) in [7, 11) is -3.88. The number of nitrogens with one attached hydrogen (secondary N) is 1. The van der Waals surface area contributed by atoms with Crippen LogP contribution in [0.2, 0.25) is 0 Å². The quantitative estimate of drug-likeness (QED) is 0.465. The van der Waals surface area contributed by atoms with Gasteiger partial charge < -0.3 is 4.52 Å². The van der Waals surface area contributed by atoms with Crippen LogP contribution in [0.15, 0.2) is 88.3 Å². The fourth-order valence-corrected chi connectivity index (χ4v) is 3.95. The van der Waals surface area contributed by atoms with Gasteiger partial charge in [0.05, 0.1) is 4.90 Å². The zero-order chi connectivity index (χ0) is 21.1. The van der Waals surface area contributed by atoms with E-state index < -0.39 is 10.0 Å². The predicted molar refractivity (Wildman–Crippen MR) is 112 cm³/mol. The van der Waals surface area contributed by atoms with Gasteiger partial charge in [0.25, 0.3) is 15.9 Å². The van der Waals surface area contributed by atoms with Crippen molar-refractivity contribution in [2.75, 3.05) is 4.72 Å². The van der Waals surface area contributed by atoms with Gasteiger partial charge in [-0.05, 0) is 37.3 Å². The fraction of sp³-hybridized carbons (Fsp3) is 0.0455. The Morgan fingerprint density at radius 1 is 0.900 bits per heavy atom. The van der Waals surface area contributed by atoms with Crippen LogP contribution in [-0.4, -0.2) is 24.3 Å². The van der Waals surface area contributed by atoms with E-state index in [9.17, 15) is 13.2 Å². The fourth-order valence-electron chi connectivity index (χ4n) is 2.86. The minimum atomic E-state index is -3.88. The van der Waals surface area contributed by atoms with Gasteiger partial charge in [0, 0.05) is 22.4 Å². The van der Waals surface area contributed by atoms with E-state index in [2.05, 4.69) is 14.9 Å². The molecule has 0 aliphatic carbocycles. The number of rotatable bonds is 6. The van der Waals surface area contributed by atoms with E-state index in [0.29, 0.717) is 22.6 Å². The summed E-state index contributed by atoms with van der Waals surface area (Å²) in [5, 5.41) is 3.97. The van der Waals surface area contributed by atoms with Crippen molar-refractivity contribution in [2.45, 2.75) is 11.8 Å². The summed E-state index contributed by atoms with van der Waals surface area (Å²) in [4.78, 5) is 15.9. The monoisotopic (exact) mass is 419 g/mol. The molecule has 7 nitrogen and oxygen atoms in total. The maximum atomic E-state index is 12.8. The molecule has 0 radical (unpaired) electrons. The minimum Gasteiger partial charge on any atom is -0.334 e. The molecule has 0 spiro atoms. The van der Waals surface area contributed by atoms with Crippen LogP contribution in [0.4, 0.5) is 5.69 Å². The molecule has 150 valence electrons. The lowest BCUT2D eigenvalue weighted by Crippen LogP contribution is -2.13. The summed E-state index contributed by atoms with van der Waals surface area (Å²) < 4.78 is 33.5. The molecule has 3 aromatic carbocycles. The Morgan fingerprint density at radius 3 is 2.40 bits per heavy atom. The number of aromatic nitrogens is 2. The highest BCUT2D eigenvalue weighted by molar-refractivity contribution is 7.92. The summed E-state index contributed by atoms with van der Waals surface area (Å²) in [5.74, 6) is 0.478. The van der Waals surface area contributed by atoms with Crippen LogP contribution in [0.3, 0.4) is 0 Å². The zero-order valence-corrected chi connectivity index (χ0v) is 16.8. The lowest BCUT2D eigenvalue weighted by molar-refractivity contribution is 0.101. The van der Waals surface area contributed by atoms with Crippen molar-refractivity contribution in [1.82, 2.24) is 10.1 Å². The Morgan fingerprint density at radius 2 is 1.63 bits per heavy atom. The van der Waals surface area contributed by atoms with Crippen molar-refractivity contribution in [2.24, 2.45) is 0 Å². The van der Waals surface area contributed by atoms with Gasteiger partial charge in [-0.1, -0.05) is 53.7 Å². The Hall–Kier alpha value is -3.78. The van der Waals surface area contributed by atoms with Gasteiger partial charge in [-0.2, -0.15) is 4.98 Å². The molecule has 0 aliphatic heterocycles. The molecule has 1 N–H and O–H groups in total. The van der Waals surface area contributed by atoms with E-state index in [1.54, 1.807) is 30.3 Å². The third-order valence-corrected chi connectivity index (χ3v) is 5.75. The van der Waals surface area contributed by atoms with Gasteiger partial charge in [-0.25, -0.2) is 8.42 Å². The standard InChI is InChI=1S/C22H17N3O4S/c1-15(26)17-9-5-11-19(13-17)25-30(27,28)20-12-6-10-18(14-20)22-23-21(24-29-22)16-7-3-2-4-8-16/h2-14,25H,1H3. The van der Waals surface area contributed by atoms with E-state index in [4.69, 9.17) is 4.52 Å². The molecule has 0 bridgehead atoms. The maximum absolute atomic E-state index is 12.8. The normalized spacial score (nSPS) is 11.2. The topological polar surface area (TPSA) is 102 Å². The molecular weight excluding hydrogens is 402 g/mol. The number of sulfonamides is 1. The van der Waals surface area contributed by atoms with Crippen LogP contribution in [0.25, 0.3) is 22.8 Å². The van der Waals surface area contributed by atoms with Crippen molar-refractivity contribution in [3.8, 4) is 22.8 Å². The number of carbonyl (C=O) groups excluding carboxylic acids is 1. The van der Waals surface area contributed by atoms with Crippen molar-refractivity contribution in [3.63, 3.8) is 0 Å². The first-order chi connectivity index (χ1) is 14.4. The molecule has 0 saturated heterocycles.